The number of nitrogens with zero attached hydrogens (tertiary/aromatic N) is 1. The van der Waals surface area contributed by atoms with Gasteiger partial charge in [-0.05, 0) is 74.6 Å². The van der Waals surface area contributed by atoms with Crippen molar-refractivity contribution in [1.29, 1.82) is 0 Å². The van der Waals surface area contributed by atoms with Crippen LogP contribution in [0.25, 0.3) is 0 Å². The number of carbonyl (C=O) groups is 2. The van der Waals surface area contributed by atoms with Gasteiger partial charge >= 0.3 is 6.03 Å². The zero-order chi connectivity index (χ0) is 23.0. The van der Waals surface area contributed by atoms with Gasteiger partial charge in [0.25, 0.3) is 5.91 Å². The van der Waals surface area contributed by atoms with E-state index in [-0.39, 0.29) is 17.9 Å². The number of ether oxygens (including phenoxy) is 1. The first-order valence-electron chi connectivity index (χ1n) is 12.3. The molecule has 1 atom stereocenters. The average molecular weight is 450 g/mol. The highest BCUT2D eigenvalue weighted by Crippen LogP contribution is 2.28. The number of urea groups is 1. The van der Waals surface area contributed by atoms with Crippen molar-refractivity contribution in [2.24, 2.45) is 0 Å². The maximum Gasteiger partial charge on any atom is 0.321 e. The second-order valence-corrected chi connectivity index (χ2v) is 9.11. The molecular formula is C27H35N3O3. The monoisotopic (exact) mass is 449 g/mol. The first-order valence-corrected chi connectivity index (χ1v) is 12.3. The highest BCUT2D eigenvalue weighted by molar-refractivity contribution is 5.94. The van der Waals surface area contributed by atoms with E-state index in [9.17, 15) is 9.59 Å². The number of carbonyl (C=O) groups excluding carboxylic acids is 2. The fourth-order valence-corrected chi connectivity index (χ4v) is 4.89. The molecule has 1 aliphatic heterocycles. The second kappa shape index (κ2) is 11.2. The smallest absolute Gasteiger partial charge is 0.321 e. The molecule has 3 amide bonds. The summed E-state index contributed by atoms with van der Waals surface area (Å²) in [5, 5.41) is 6.20. The number of rotatable bonds is 6. The molecule has 4 rings (SSSR count). The van der Waals surface area contributed by atoms with Crippen molar-refractivity contribution in [2.75, 3.05) is 25.0 Å². The number of likely N-dealkylation sites (tertiary alicyclic amines) is 1. The topological polar surface area (TPSA) is 70.7 Å². The van der Waals surface area contributed by atoms with E-state index >= 15 is 0 Å². The van der Waals surface area contributed by atoms with Gasteiger partial charge in [-0.15, -0.1) is 0 Å². The zero-order valence-corrected chi connectivity index (χ0v) is 19.5. The van der Waals surface area contributed by atoms with Gasteiger partial charge in [0.2, 0.25) is 0 Å². The molecular weight excluding hydrogens is 414 g/mol. The second-order valence-electron chi connectivity index (χ2n) is 9.11. The Balaban J connectivity index is 1.36. The molecule has 2 fully saturated rings. The zero-order valence-electron chi connectivity index (χ0n) is 19.5. The van der Waals surface area contributed by atoms with Crippen LogP contribution in [0.2, 0.25) is 0 Å². The molecule has 33 heavy (non-hydrogen) atoms. The number of amides is 3. The molecule has 2 aromatic carbocycles. The van der Waals surface area contributed by atoms with Crippen molar-refractivity contribution in [2.45, 2.75) is 63.8 Å². The third-order valence-electron chi connectivity index (χ3n) is 6.69. The minimum atomic E-state index is -0.0879. The van der Waals surface area contributed by atoms with E-state index in [1.54, 1.807) is 0 Å². The number of benzene rings is 2. The van der Waals surface area contributed by atoms with E-state index in [1.807, 2.05) is 54.3 Å². The summed E-state index contributed by atoms with van der Waals surface area (Å²) in [6.45, 7) is 3.95. The normalized spacial score (nSPS) is 19.1. The summed E-state index contributed by atoms with van der Waals surface area (Å²) in [6.07, 6.45) is 7.77. The predicted molar refractivity (Wildman–Crippen MR) is 131 cm³/mol. The van der Waals surface area contributed by atoms with Crippen LogP contribution in [0.4, 0.5) is 10.5 Å². The Hall–Kier alpha value is -3.02. The third-order valence-corrected chi connectivity index (χ3v) is 6.69. The third kappa shape index (κ3) is 6.28. The first kappa shape index (κ1) is 23.1. The van der Waals surface area contributed by atoms with Crippen molar-refractivity contribution < 1.29 is 14.3 Å². The Kier molecular flexibility index (Phi) is 7.87. The average Bonchev–Trinajstić information content (AvgIpc) is 2.86. The molecule has 0 radical (unpaired) electrons. The maximum atomic E-state index is 12.9. The van der Waals surface area contributed by atoms with E-state index in [0.29, 0.717) is 24.8 Å². The lowest BCUT2D eigenvalue weighted by molar-refractivity contribution is 0.0927. The Morgan fingerprint density at radius 2 is 1.79 bits per heavy atom. The molecule has 0 bridgehead atoms. The number of piperidine rings is 1. The van der Waals surface area contributed by atoms with Crippen LogP contribution in [-0.4, -0.2) is 42.6 Å². The van der Waals surface area contributed by atoms with Gasteiger partial charge in [0, 0.05) is 36.3 Å². The summed E-state index contributed by atoms with van der Waals surface area (Å²) >= 11 is 0. The summed E-state index contributed by atoms with van der Waals surface area (Å²) in [7, 11) is 0. The largest absolute Gasteiger partial charge is 0.494 e. The van der Waals surface area contributed by atoms with Crippen LogP contribution in [-0.2, 0) is 0 Å². The van der Waals surface area contributed by atoms with Gasteiger partial charge in [0.05, 0.1) is 6.61 Å². The van der Waals surface area contributed by atoms with E-state index < -0.39 is 0 Å². The molecule has 6 nitrogen and oxygen atoms in total. The summed E-state index contributed by atoms with van der Waals surface area (Å²) in [5.41, 5.74) is 2.60. The van der Waals surface area contributed by atoms with Crippen LogP contribution in [0.1, 0.15) is 73.7 Å². The van der Waals surface area contributed by atoms with Crippen molar-refractivity contribution in [3.63, 3.8) is 0 Å². The van der Waals surface area contributed by atoms with E-state index in [4.69, 9.17) is 4.74 Å². The van der Waals surface area contributed by atoms with E-state index in [2.05, 4.69) is 16.7 Å². The standard InChI is InChI=1S/C27H35N3O3/c1-2-33-25-15-13-24(14-16-25)29-27(32)30-17-7-10-22(19-30)20-8-6-9-21(18-20)26(31)28-23-11-4-3-5-12-23/h6,8-9,13-16,18,22-23H,2-5,7,10-12,17,19H2,1H3,(H,28,31)(H,29,32)/t22-/m0/s1. The summed E-state index contributed by atoms with van der Waals surface area (Å²) in [4.78, 5) is 27.5. The number of nitrogens with one attached hydrogen (secondary N) is 2. The van der Waals surface area contributed by atoms with Crippen LogP contribution < -0.4 is 15.4 Å². The molecule has 0 spiro atoms. The Morgan fingerprint density at radius 1 is 1.00 bits per heavy atom. The van der Waals surface area contributed by atoms with Gasteiger partial charge in [-0.2, -0.15) is 0 Å². The number of hydrogen-bond donors (Lipinski definition) is 2. The molecule has 2 N–H and O–H groups in total. The number of hydrogen-bond acceptors (Lipinski definition) is 3. The van der Waals surface area contributed by atoms with Crippen molar-refractivity contribution >= 4 is 17.6 Å². The minimum Gasteiger partial charge on any atom is -0.494 e. The van der Waals surface area contributed by atoms with Crippen molar-refractivity contribution in [1.82, 2.24) is 10.2 Å². The minimum absolute atomic E-state index is 0.0182. The molecule has 6 heteroatoms. The summed E-state index contributed by atoms with van der Waals surface area (Å²) in [6, 6.07) is 15.6. The van der Waals surface area contributed by atoms with Crippen molar-refractivity contribution in [3.05, 3.63) is 59.7 Å². The summed E-state index contributed by atoms with van der Waals surface area (Å²) in [5.74, 6) is 1.04. The van der Waals surface area contributed by atoms with Crippen LogP contribution in [0.3, 0.4) is 0 Å². The molecule has 2 aliphatic rings. The summed E-state index contributed by atoms with van der Waals surface area (Å²) < 4.78 is 5.46. The molecule has 1 saturated heterocycles. The van der Waals surface area contributed by atoms with E-state index in [1.165, 1.54) is 19.3 Å². The van der Waals surface area contributed by atoms with Gasteiger partial charge in [-0.25, -0.2) is 4.79 Å². The van der Waals surface area contributed by atoms with Crippen LogP contribution in [0.15, 0.2) is 48.5 Å². The quantitative estimate of drug-likeness (QED) is 0.607. The lowest BCUT2D eigenvalue weighted by Crippen LogP contribution is -2.41. The Labute approximate surface area is 196 Å². The predicted octanol–water partition coefficient (Wildman–Crippen LogP) is 5.56. The maximum absolute atomic E-state index is 12.9. The van der Waals surface area contributed by atoms with Crippen LogP contribution in [0.5, 0.6) is 5.75 Å². The van der Waals surface area contributed by atoms with E-state index in [0.717, 1.165) is 49.2 Å². The SMILES string of the molecule is CCOc1ccc(NC(=O)N2CCC[C@H](c3cccc(C(=O)NC4CCCCC4)c3)C2)cc1. The molecule has 1 heterocycles. The van der Waals surface area contributed by atoms with Gasteiger partial charge in [-0.3, -0.25) is 4.79 Å². The first-order chi connectivity index (χ1) is 16.1. The molecule has 1 aliphatic carbocycles. The Morgan fingerprint density at radius 3 is 2.55 bits per heavy atom. The fraction of sp³-hybridized carbons (Fsp3) is 0.481. The highest BCUT2D eigenvalue weighted by Gasteiger charge is 2.26. The van der Waals surface area contributed by atoms with Gasteiger partial charge in [0.1, 0.15) is 5.75 Å². The molecule has 2 aromatic rings. The van der Waals surface area contributed by atoms with Crippen molar-refractivity contribution in [3.8, 4) is 5.75 Å². The molecule has 0 unspecified atom stereocenters. The van der Waals surface area contributed by atoms with Gasteiger partial charge in [0.15, 0.2) is 0 Å². The lowest BCUT2D eigenvalue weighted by Gasteiger charge is -2.33. The molecule has 1 saturated carbocycles. The lowest BCUT2D eigenvalue weighted by atomic mass is 9.89. The number of anilines is 1. The van der Waals surface area contributed by atoms with Gasteiger partial charge in [-0.1, -0.05) is 31.4 Å². The molecule has 0 aromatic heterocycles. The molecule has 176 valence electrons. The van der Waals surface area contributed by atoms with Crippen LogP contribution in [0, 0.1) is 0 Å². The fourth-order valence-electron chi connectivity index (χ4n) is 4.89. The van der Waals surface area contributed by atoms with Gasteiger partial charge < -0.3 is 20.3 Å². The van der Waals surface area contributed by atoms with Crippen LogP contribution >= 0.6 is 0 Å². The highest BCUT2D eigenvalue weighted by atomic mass is 16.5. The Bertz CT molecular complexity index is 938.